The van der Waals surface area contributed by atoms with Crippen molar-refractivity contribution in [2.45, 2.75) is 68.6 Å². The second kappa shape index (κ2) is 17.8. The van der Waals surface area contributed by atoms with Crippen molar-refractivity contribution in [3.05, 3.63) is 119 Å². The number of unbranched alkanes of at least 4 members (excludes halogenated alkanes) is 1. The van der Waals surface area contributed by atoms with E-state index in [4.69, 9.17) is 19.4 Å². The minimum Gasteiger partial charge on any atom is -0.496 e. The van der Waals surface area contributed by atoms with Crippen LogP contribution in [0.3, 0.4) is 0 Å². The molecule has 0 aromatic heterocycles. The minimum absolute atomic E-state index is 0.00530. The van der Waals surface area contributed by atoms with Crippen molar-refractivity contribution < 1.29 is 34.1 Å². The van der Waals surface area contributed by atoms with Crippen LogP contribution in [-0.4, -0.2) is 41.1 Å². The maximum Gasteiger partial charge on any atom is 0.243 e. The second-order valence-electron chi connectivity index (χ2n) is 11.7. The van der Waals surface area contributed by atoms with Gasteiger partial charge in [0.05, 0.1) is 25.9 Å². The van der Waals surface area contributed by atoms with Crippen LogP contribution in [0.25, 0.3) is 11.1 Å². The fourth-order valence-corrected chi connectivity index (χ4v) is 6.60. The van der Waals surface area contributed by atoms with Crippen LogP contribution in [0, 0.1) is 0 Å². The molecule has 1 aliphatic rings. The first kappa shape index (κ1) is 35.1. The van der Waals surface area contributed by atoms with E-state index in [1.54, 1.807) is 24.4 Å². The Hall–Kier alpha value is -4.19. The highest BCUT2D eigenvalue weighted by Crippen LogP contribution is 2.40. The summed E-state index contributed by atoms with van der Waals surface area (Å²) in [5, 5.41) is 21.0. The van der Waals surface area contributed by atoms with Crippen molar-refractivity contribution >= 4 is 23.6 Å². The first-order chi connectivity index (χ1) is 23.4. The van der Waals surface area contributed by atoms with Gasteiger partial charge in [0.2, 0.25) is 11.8 Å². The first-order valence-corrected chi connectivity index (χ1v) is 17.1. The van der Waals surface area contributed by atoms with Gasteiger partial charge in [-0.25, -0.2) is 5.48 Å². The van der Waals surface area contributed by atoms with Crippen molar-refractivity contribution in [2.24, 2.45) is 0 Å². The number of carbonyl (C=O) groups excluding carboxylic acids is 2. The van der Waals surface area contributed by atoms with E-state index in [1.807, 2.05) is 72.8 Å². The standard InChI is InChI=1S/C38H42N2O7S/c1-45-33-9-2-3-10-35(33)48-25-32-22-34(29-15-13-26(24-41)14-16-29)47-38(46-32)30-19-17-28(18-20-30)31-8-6-7-27(21-31)23-39-36(42)11-4-5-12-37(43)40-44/h2-3,6-10,13-21,32,34,38,41,44H,4-5,11-12,22-25H2,1H3,(H,39,42)(H,40,43). The summed E-state index contributed by atoms with van der Waals surface area (Å²) in [7, 11) is 1.68. The molecule has 0 bridgehead atoms. The number of benzene rings is 4. The number of hydrogen-bond donors (Lipinski definition) is 4. The molecule has 10 heteroatoms. The number of carbonyl (C=O) groups is 2. The highest BCUT2D eigenvalue weighted by molar-refractivity contribution is 7.99. The van der Waals surface area contributed by atoms with E-state index in [-0.39, 0.29) is 31.1 Å². The zero-order chi connectivity index (χ0) is 33.7. The zero-order valence-corrected chi connectivity index (χ0v) is 27.8. The van der Waals surface area contributed by atoms with E-state index in [0.29, 0.717) is 32.2 Å². The lowest BCUT2D eigenvalue weighted by molar-refractivity contribution is -0.245. The van der Waals surface area contributed by atoms with Gasteiger partial charge in [-0.1, -0.05) is 78.9 Å². The van der Waals surface area contributed by atoms with E-state index in [2.05, 4.69) is 29.6 Å². The van der Waals surface area contributed by atoms with Gasteiger partial charge in [-0.15, -0.1) is 11.8 Å². The minimum atomic E-state index is -0.557. The Labute approximate surface area is 285 Å². The highest BCUT2D eigenvalue weighted by atomic mass is 32.2. The number of thioether (sulfide) groups is 1. The van der Waals surface area contributed by atoms with Gasteiger partial charge < -0.3 is 24.6 Å². The van der Waals surface area contributed by atoms with Crippen LogP contribution in [0.1, 0.15) is 66.8 Å². The molecule has 2 amide bonds. The number of hydroxylamine groups is 1. The molecular formula is C38H42N2O7S. The maximum absolute atomic E-state index is 12.3. The van der Waals surface area contributed by atoms with E-state index in [9.17, 15) is 14.7 Å². The predicted molar refractivity (Wildman–Crippen MR) is 184 cm³/mol. The van der Waals surface area contributed by atoms with Gasteiger partial charge in [-0.3, -0.25) is 14.8 Å². The summed E-state index contributed by atoms with van der Waals surface area (Å²) in [6, 6.07) is 32.1. The average Bonchev–Trinajstić information content (AvgIpc) is 3.15. The topological polar surface area (TPSA) is 126 Å². The number of nitrogens with one attached hydrogen (secondary N) is 2. The summed E-state index contributed by atoms with van der Waals surface area (Å²) < 4.78 is 18.6. The average molecular weight is 671 g/mol. The number of para-hydroxylation sites is 1. The Kier molecular flexibility index (Phi) is 13.0. The molecule has 48 heavy (non-hydrogen) atoms. The molecule has 252 valence electrons. The molecule has 3 unspecified atom stereocenters. The quantitative estimate of drug-likeness (QED) is 0.0467. The van der Waals surface area contributed by atoms with Crippen molar-refractivity contribution in [2.75, 3.05) is 12.9 Å². The summed E-state index contributed by atoms with van der Waals surface area (Å²) in [6.45, 7) is 0.398. The molecule has 1 fully saturated rings. The number of hydrogen-bond acceptors (Lipinski definition) is 8. The molecule has 1 heterocycles. The lowest BCUT2D eigenvalue weighted by Crippen LogP contribution is -2.31. The van der Waals surface area contributed by atoms with E-state index >= 15 is 0 Å². The van der Waals surface area contributed by atoms with E-state index in [0.717, 1.165) is 49.8 Å². The maximum atomic E-state index is 12.3. The molecule has 0 radical (unpaired) electrons. The van der Waals surface area contributed by atoms with Crippen LogP contribution >= 0.6 is 11.8 Å². The van der Waals surface area contributed by atoms with E-state index in [1.165, 1.54) is 0 Å². The molecule has 9 nitrogen and oxygen atoms in total. The molecule has 0 aliphatic carbocycles. The Morgan fingerprint density at radius 3 is 2.29 bits per heavy atom. The molecular weight excluding hydrogens is 628 g/mol. The molecule has 1 aliphatic heterocycles. The van der Waals surface area contributed by atoms with Gasteiger partial charge in [0.15, 0.2) is 6.29 Å². The highest BCUT2D eigenvalue weighted by Gasteiger charge is 2.32. The molecule has 4 aromatic carbocycles. The molecule has 4 aromatic rings. The largest absolute Gasteiger partial charge is 0.496 e. The Morgan fingerprint density at radius 2 is 1.56 bits per heavy atom. The fraction of sp³-hybridized carbons (Fsp3) is 0.316. The normalized spacial score (nSPS) is 17.4. The molecule has 5 rings (SSSR count). The third-order valence-electron chi connectivity index (χ3n) is 8.22. The van der Waals surface area contributed by atoms with Crippen LogP contribution in [-0.2, 0) is 32.2 Å². The summed E-state index contributed by atoms with van der Waals surface area (Å²) in [5.74, 6) is 1.04. The number of aliphatic hydroxyl groups is 1. The van der Waals surface area contributed by atoms with Crippen LogP contribution in [0.2, 0.25) is 0 Å². The molecule has 0 saturated carbocycles. The van der Waals surface area contributed by atoms with Crippen LogP contribution in [0.4, 0.5) is 0 Å². The molecule has 3 atom stereocenters. The number of methoxy groups -OCH3 is 1. The SMILES string of the molecule is COc1ccccc1SCC1CC(c2ccc(CO)cc2)OC(c2ccc(-c3cccc(CNC(=O)CCCCC(=O)NO)c3)cc2)O1. The van der Waals surface area contributed by atoms with Gasteiger partial charge in [-0.2, -0.15) is 0 Å². The third kappa shape index (κ3) is 9.91. The van der Waals surface area contributed by atoms with Crippen LogP contribution in [0.15, 0.2) is 102 Å². The lowest BCUT2D eigenvalue weighted by Gasteiger charge is -2.36. The third-order valence-corrected chi connectivity index (χ3v) is 9.41. The predicted octanol–water partition coefficient (Wildman–Crippen LogP) is 6.87. The van der Waals surface area contributed by atoms with Crippen LogP contribution in [0.5, 0.6) is 5.75 Å². The van der Waals surface area contributed by atoms with Gasteiger partial charge >= 0.3 is 0 Å². The molecule has 1 saturated heterocycles. The van der Waals surface area contributed by atoms with Crippen molar-refractivity contribution in [1.82, 2.24) is 10.8 Å². The molecule has 0 spiro atoms. The van der Waals surface area contributed by atoms with Crippen molar-refractivity contribution in [3.8, 4) is 16.9 Å². The Balaban J connectivity index is 1.24. The van der Waals surface area contributed by atoms with Gasteiger partial charge in [0.1, 0.15) is 5.75 Å². The van der Waals surface area contributed by atoms with Gasteiger partial charge in [-0.05, 0) is 58.9 Å². The lowest BCUT2D eigenvalue weighted by atomic mass is 9.99. The monoisotopic (exact) mass is 670 g/mol. The zero-order valence-electron chi connectivity index (χ0n) is 27.0. The van der Waals surface area contributed by atoms with Crippen molar-refractivity contribution in [3.63, 3.8) is 0 Å². The Bertz CT molecular complexity index is 1630. The molecule has 4 N–H and O–H groups in total. The number of aliphatic hydroxyl groups excluding tert-OH is 1. The first-order valence-electron chi connectivity index (χ1n) is 16.1. The van der Waals surface area contributed by atoms with E-state index < -0.39 is 12.2 Å². The number of rotatable bonds is 15. The summed E-state index contributed by atoms with van der Waals surface area (Å²) in [5.41, 5.74) is 7.46. The number of ether oxygens (including phenoxy) is 3. The van der Waals surface area contributed by atoms with Crippen LogP contribution < -0.4 is 15.5 Å². The smallest absolute Gasteiger partial charge is 0.243 e. The summed E-state index contributed by atoms with van der Waals surface area (Å²) in [6.07, 6.45) is 1.49. The van der Waals surface area contributed by atoms with Crippen molar-refractivity contribution in [1.29, 1.82) is 0 Å². The summed E-state index contributed by atoms with van der Waals surface area (Å²) in [4.78, 5) is 24.5. The van der Waals surface area contributed by atoms with Gasteiger partial charge in [0.25, 0.3) is 0 Å². The Morgan fingerprint density at radius 1 is 0.833 bits per heavy atom. The second-order valence-corrected chi connectivity index (χ2v) is 12.7. The van der Waals surface area contributed by atoms with Gasteiger partial charge in [0, 0.05) is 42.0 Å². The number of amides is 2. The summed E-state index contributed by atoms with van der Waals surface area (Å²) >= 11 is 1.70. The fourth-order valence-electron chi connectivity index (χ4n) is 5.55.